The molecule has 0 bridgehead atoms. The maximum atomic E-state index is 15.0. The summed E-state index contributed by atoms with van der Waals surface area (Å²) < 4.78 is 64.6. The molecule has 0 saturated carbocycles. The molecule has 2 heterocycles. The molecule has 490 valence electrons. The smallest absolute Gasteiger partial charge is 0.462 e. The summed E-state index contributed by atoms with van der Waals surface area (Å²) in [5.74, 6) is -1.74. The van der Waals surface area contributed by atoms with Crippen LogP contribution in [0.25, 0.3) is 0 Å². The number of para-hydroxylation sites is 1. The van der Waals surface area contributed by atoms with E-state index in [4.69, 9.17) is 37.3 Å². The highest BCUT2D eigenvalue weighted by molar-refractivity contribution is 7.48. The van der Waals surface area contributed by atoms with E-state index in [-0.39, 0.29) is 62.4 Å². The van der Waals surface area contributed by atoms with Gasteiger partial charge in [0.2, 0.25) is 11.8 Å². The van der Waals surface area contributed by atoms with Crippen LogP contribution in [0.2, 0.25) is 0 Å². The molecular weight excluding hydrogens is 1120 g/mol. The molecule has 2 fully saturated rings. The number of phosphoric acid groups is 1. The maximum absolute atomic E-state index is 15.0. The molecule has 2 aliphatic heterocycles. The normalized spacial score (nSPS) is 17.9. The minimum absolute atomic E-state index is 0.0815. The van der Waals surface area contributed by atoms with Crippen molar-refractivity contribution in [1.82, 2.24) is 0 Å². The van der Waals surface area contributed by atoms with Gasteiger partial charge in [0.15, 0.2) is 12.1 Å². The third-order valence-corrected chi connectivity index (χ3v) is 18.1. The van der Waals surface area contributed by atoms with Gasteiger partial charge in [-0.2, -0.15) is 0 Å². The molecule has 2 N–H and O–H groups in total. The second kappa shape index (κ2) is 44.5. The lowest BCUT2D eigenvalue weighted by Gasteiger charge is -2.44. The van der Waals surface area contributed by atoms with Crippen molar-refractivity contribution in [2.24, 2.45) is 0 Å². The highest BCUT2D eigenvalue weighted by atomic mass is 31.2. The lowest BCUT2D eigenvalue weighted by molar-refractivity contribution is -0.340. The lowest BCUT2D eigenvalue weighted by atomic mass is 10.0. The van der Waals surface area contributed by atoms with Gasteiger partial charge in [-0.05, 0) is 63.1 Å². The number of carbonyl (C=O) groups is 3. The summed E-state index contributed by atoms with van der Waals surface area (Å²) in [5, 5.41) is 6.24. The van der Waals surface area contributed by atoms with Gasteiger partial charge in [0, 0.05) is 18.4 Å². The van der Waals surface area contributed by atoms with E-state index >= 15 is 4.57 Å². The van der Waals surface area contributed by atoms with E-state index in [1.165, 1.54) is 122 Å². The van der Waals surface area contributed by atoms with Crippen molar-refractivity contribution in [2.75, 3.05) is 17.2 Å². The maximum Gasteiger partial charge on any atom is 0.477 e. The van der Waals surface area contributed by atoms with E-state index in [1.807, 2.05) is 74.5 Å². The first-order chi connectivity index (χ1) is 42.4. The van der Waals surface area contributed by atoms with Crippen LogP contribution >= 0.6 is 7.82 Å². The van der Waals surface area contributed by atoms with Crippen LogP contribution in [0.1, 0.15) is 282 Å². The second-order valence-electron chi connectivity index (χ2n) is 25.0. The van der Waals surface area contributed by atoms with Gasteiger partial charge in [0.25, 0.3) is 0 Å². The fourth-order valence-electron chi connectivity index (χ4n) is 11.6. The number of rotatable bonds is 50. The molecule has 87 heavy (non-hydrogen) atoms. The SMILES string of the molecule is CCCCCCCCCCCCCC(=O)O[C@H](CCCCCCCCCCC)CC(=O)Nc1c(COP(=O)(OCc2ccccc2)O[C@@H]2CC[C@@H]3OC(C)(C)OC[C@H]3O2)cccc1NC(=O)C[C@@H](CCCCCCCCCCC)OCc1ccccc1. The Hall–Kier alpha value is -3.98. The van der Waals surface area contributed by atoms with Crippen LogP contribution < -0.4 is 10.6 Å². The number of unbranched alkanes of at least 4 members (excludes halogenated alkanes) is 26. The number of anilines is 2. The predicted octanol–water partition coefficient (Wildman–Crippen LogP) is 19.9. The number of carbonyl (C=O) groups excluding carboxylic acids is 3. The first-order valence-electron chi connectivity index (χ1n) is 34.5. The summed E-state index contributed by atoms with van der Waals surface area (Å²) in [6.07, 6.45) is 33.8. The zero-order valence-corrected chi connectivity index (χ0v) is 55.4. The fraction of sp³-hybridized carbons (Fsp3) is 0.708. The topological polar surface area (TPSA) is 166 Å². The van der Waals surface area contributed by atoms with E-state index in [1.54, 1.807) is 18.2 Å². The molecule has 0 aromatic heterocycles. The van der Waals surface area contributed by atoms with Crippen LogP contribution in [0.15, 0.2) is 78.9 Å². The summed E-state index contributed by atoms with van der Waals surface area (Å²) in [6, 6.07) is 24.6. The van der Waals surface area contributed by atoms with Crippen LogP contribution in [0.3, 0.4) is 0 Å². The Morgan fingerprint density at radius 1 is 0.540 bits per heavy atom. The number of amides is 2. The van der Waals surface area contributed by atoms with E-state index in [9.17, 15) is 14.4 Å². The Kier molecular flexibility index (Phi) is 37.7. The van der Waals surface area contributed by atoms with E-state index in [2.05, 4.69) is 31.4 Å². The predicted molar refractivity (Wildman–Crippen MR) is 350 cm³/mol. The van der Waals surface area contributed by atoms with Crippen molar-refractivity contribution in [3.05, 3.63) is 95.6 Å². The summed E-state index contributed by atoms with van der Waals surface area (Å²) in [7, 11) is -4.44. The van der Waals surface area contributed by atoms with Gasteiger partial charge in [-0.25, -0.2) is 4.57 Å². The molecule has 2 aliphatic rings. The van der Waals surface area contributed by atoms with Gasteiger partial charge in [-0.15, -0.1) is 0 Å². The molecule has 2 saturated heterocycles. The quantitative estimate of drug-likeness (QED) is 0.0313. The second-order valence-corrected chi connectivity index (χ2v) is 26.6. The Balaban J connectivity index is 1.34. The average Bonchev–Trinajstić information content (AvgIpc) is 3.66. The van der Waals surface area contributed by atoms with Crippen LogP contribution in [-0.4, -0.2) is 60.9 Å². The summed E-state index contributed by atoms with van der Waals surface area (Å²) >= 11 is 0. The molecule has 5 rings (SSSR count). The first-order valence-corrected chi connectivity index (χ1v) is 36.0. The van der Waals surface area contributed by atoms with Gasteiger partial charge < -0.3 is 34.3 Å². The standard InChI is InChI=1S/C72H115N2O12P/c1-6-9-12-15-18-21-22-25-28-31-40-50-69(77)83-63(48-39-30-27-24-20-17-14-11-8-3)54-68(76)74-71-61(57-82-87(78,81-56-60-44-36-33-37-45-60)86-70-52-51-65-66(84-70)58-80-72(4,5)85-65)46-41-49-64(71)73-67(75)53-62(79-55-59-42-34-32-35-43-59)47-38-29-26-23-19-16-13-10-7-2/h32-37,41-46,49,62-63,65-66,70H,6-31,38-40,47-48,50-58H2,1-5H3,(H,73,75)(H,74,76)/t62-,63-,65+,66-,70-,87?/m1/s1. The summed E-state index contributed by atoms with van der Waals surface area (Å²) in [4.78, 5) is 42.6. The Bertz CT molecular complexity index is 2340. The van der Waals surface area contributed by atoms with Crippen molar-refractivity contribution < 1.29 is 56.2 Å². The number of ether oxygens (including phenoxy) is 5. The lowest BCUT2D eigenvalue weighted by Crippen LogP contribution is -2.53. The molecular formula is C72H115N2O12P. The van der Waals surface area contributed by atoms with Gasteiger partial charge in [0.1, 0.15) is 12.2 Å². The highest BCUT2D eigenvalue weighted by Crippen LogP contribution is 2.54. The molecule has 1 unspecified atom stereocenters. The number of nitrogens with one attached hydrogen (secondary N) is 2. The molecule has 3 aromatic carbocycles. The number of benzene rings is 3. The number of hydrogen-bond donors (Lipinski definition) is 2. The number of esters is 1. The minimum Gasteiger partial charge on any atom is -0.462 e. The first kappa shape index (κ1) is 73.8. The molecule has 0 spiro atoms. The molecule has 2 amide bonds. The molecule has 6 atom stereocenters. The van der Waals surface area contributed by atoms with E-state index in [0.717, 1.165) is 75.3 Å². The molecule has 14 nitrogen and oxygen atoms in total. The Morgan fingerprint density at radius 3 is 1.59 bits per heavy atom. The largest absolute Gasteiger partial charge is 0.477 e. The minimum atomic E-state index is -4.44. The Labute approximate surface area is 525 Å². The van der Waals surface area contributed by atoms with Crippen molar-refractivity contribution in [3.63, 3.8) is 0 Å². The summed E-state index contributed by atoms with van der Waals surface area (Å²) in [6.45, 7) is 10.7. The van der Waals surface area contributed by atoms with Gasteiger partial charge >= 0.3 is 13.8 Å². The van der Waals surface area contributed by atoms with E-state index < -0.39 is 38.0 Å². The number of hydrogen-bond acceptors (Lipinski definition) is 12. The van der Waals surface area contributed by atoms with Crippen molar-refractivity contribution in [1.29, 1.82) is 0 Å². The molecule has 15 heteroatoms. The van der Waals surface area contributed by atoms with Crippen LogP contribution in [0.4, 0.5) is 11.4 Å². The number of fused-ring (bicyclic) bond motifs is 1. The summed E-state index contributed by atoms with van der Waals surface area (Å²) in [5.41, 5.74) is 2.77. The van der Waals surface area contributed by atoms with Crippen molar-refractivity contribution >= 4 is 37.0 Å². The number of phosphoric ester groups is 1. The highest BCUT2D eigenvalue weighted by Gasteiger charge is 2.44. The van der Waals surface area contributed by atoms with Crippen LogP contribution in [0.5, 0.6) is 0 Å². The average molecular weight is 1230 g/mol. The van der Waals surface area contributed by atoms with Gasteiger partial charge in [-0.1, -0.05) is 267 Å². The van der Waals surface area contributed by atoms with Crippen molar-refractivity contribution in [2.45, 2.75) is 322 Å². The third kappa shape index (κ3) is 32.6. The molecule has 0 aliphatic carbocycles. The monoisotopic (exact) mass is 1230 g/mol. The molecule has 0 radical (unpaired) electrons. The van der Waals surface area contributed by atoms with Crippen LogP contribution in [0, 0.1) is 0 Å². The molecule has 3 aromatic rings. The van der Waals surface area contributed by atoms with Crippen molar-refractivity contribution in [3.8, 4) is 0 Å². The van der Waals surface area contributed by atoms with Gasteiger partial charge in [0.05, 0.1) is 62.9 Å². The van der Waals surface area contributed by atoms with Crippen LogP contribution in [-0.2, 0) is 76.0 Å². The zero-order chi connectivity index (χ0) is 62.1. The zero-order valence-electron chi connectivity index (χ0n) is 54.5. The Morgan fingerprint density at radius 2 is 1.02 bits per heavy atom. The third-order valence-electron chi connectivity index (χ3n) is 16.7. The van der Waals surface area contributed by atoms with Gasteiger partial charge in [-0.3, -0.25) is 28.0 Å². The fourth-order valence-corrected chi connectivity index (χ4v) is 12.8. The van der Waals surface area contributed by atoms with E-state index in [0.29, 0.717) is 50.0 Å².